The molecule has 0 aromatic carbocycles. The third kappa shape index (κ3) is 1.23. The molecule has 0 spiro atoms. The molecule has 4 heteroatoms. The number of methoxy groups -OCH3 is 1. The van der Waals surface area contributed by atoms with E-state index in [1.54, 1.807) is 0 Å². The highest BCUT2D eigenvalue weighted by atomic mass is 79.9. The Morgan fingerprint density at radius 1 is 1.54 bits per heavy atom. The number of halogens is 1. The molecule has 2 aliphatic rings. The Bertz CT molecular complexity index is 264. The van der Waals surface area contributed by atoms with Gasteiger partial charge in [0.05, 0.1) is 17.9 Å². The van der Waals surface area contributed by atoms with Crippen LogP contribution in [0.1, 0.15) is 12.8 Å². The van der Waals surface area contributed by atoms with Gasteiger partial charge in [-0.05, 0) is 18.8 Å². The van der Waals surface area contributed by atoms with Crippen LogP contribution in [0.15, 0.2) is 0 Å². The molecule has 2 saturated carbocycles. The molecule has 0 N–H and O–H groups in total. The standard InChI is InChI=1S/C9H11BrO3/c1-13-9(12)6-3-4-2-5(6)8(11)7(4)10/h4-7H,2-3H2,1H3/t4-,5-,6+,7+/m0/s1. The molecule has 4 atom stereocenters. The fourth-order valence-corrected chi connectivity index (χ4v) is 3.25. The van der Waals surface area contributed by atoms with Crippen molar-refractivity contribution in [3.05, 3.63) is 0 Å². The maximum atomic E-state index is 11.5. The second kappa shape index (κ2) is 3.08. The minimum Gasteiger partial charge on any atom is -0.469 e. The summed E-state index contributed by atoms with van der Waals surface area (Å²) in [5.41, 5.74) is 0. The number of alkyl halides is 1. The monoisotopic (exact) mass is 246 g/mol. The first-order chi connectivity index (χ1) is 6.15. The van der Waals surface area contributed by atoms with E-state index in [1.807, 2.05) is 0 Å². The Hall–Kier alpha value is -0.380. The highest BCUT2D eigenvalue weighted by molar-refractivity contribution is 9.10. The molecule has 0 aromatic rings. The van der Waals surface area contributed by atoms with Crippen molar-refractivity contribution in [1.82, 2.24) is 0 Å². The lowest BCUT2D eigenvalue weighted by Gasteiger charge is -2.21. The largest absolute Gasteiger partial charge is 0.469 e. The van der Waals surface area contributed by atoms with Gasteiger partial charge < -0.3 is 4.74 Å². The first kappa shape index (κ1) is 9.19. The van der Waals surface area contributed by atoms with Gasteiger partial charge in [-0.3, -0.25) is 9.59 Å². The van der Waals surface area contributed by atoms with Crippen LogP contribution in [0.25, 0.3) is 0 Å². The average Bonchev–Trinajstić information content (AvgIpc) is 2.67. The Kier molecular flexibility index (Phi) is 2.18. The predicted octanol–water partition coefficient (Wildman–Crippen LogP) is 1.15. The van der Waals surface area contributed by atoms with Crippen molar-refractivity contribution < 1.29 is 14.3 Å². The quantitative estimate of drug-likeness (QED) is 0.515. The molecule has 2 aliphatic carbocycles. The van der Waals surface area contributed by atoms with E-state index in [2.05, 4.69) is 20.7 Å². The average molecular weight is 247 g/mol. The summed E-state index contributed by atoms with van der Waals surface area (Å²) in [7, 11) is 1.38. The molecule has 2 fully saturated rings. The van der Waals surface area contributed by atoms with E-state index in [1.165, 1.54) is 7.11 Å². The zero-order valence-electron chi connectivity index (χ0n) is 7.33. The summed E-state index contributed by atoms with van der Waals surface area (Å²) < 4.78 is 4.66. The van der Waals surface area contributed by atoms with Crippen molar-refractivity contribution in [2.45, 2.75) is 17.7 Å². The zero-order chi connectivity index (χ0) is 9.59. The number of esters is 1. The second-order valence-electron chi connectivity index (χ2n) is 3.77. The summed E-state index contributed by atoms with van der Waals surface area (Å²) >= 11 is 3.36. The molecule has 0 amide bonds. The number of ketones is 1. The van der Waals surface area contributed by atoms with Crippen molar-refractivity contribution in [3.8, 4) is 0 Å². The number of rotatable bonds is 1. The lowest BCUT2D eigenvalue weighted by atomic mass is 9.88. The smallest absolute Gasteiger partial charge is 0.309 e. The number of hydrogen-bond acceptors (Lipinski definition) is 3. The van der Waals surface area contributed by atoms with Crippen molar-refractivity contribution in [3.63, 3.8) is 0 Å². The molecule has 2 bridgehead atoms. The van der Waals surface area contributed by atoms with E-state index in [4.69, 9.17) is 0 Å². The normalized spacial score (nSPS) is 42.5. The Morgan fingerprint density at radius 3 is 2.69 bits per heavy atom. The summed E-state index contributed by atoms with van der Waals surface area (Å²) in [4.78, 5) is 22.8. The van der Waals surface area contributed by atoms with Gasteiger partial charge in [0.25, 0.3) is 0 Å². The molecular formula is C9H11BrO3. The first-order valence-electron chi connectivity index (χ1n) is 4.40. The maximum Gasteiger partial charge on any atom is 0.309 e. The fourth-order valence-electron chi connectivity index (χ4n) is 2.48. The number of Topliss-reactive ketones (excluding diaryl/α,β-unsaturated/α-hetero) is 1. The van der Waals surface area contributed by atoms with Crippen molar-refractivity contribution in [2.24, 2.45) is 17.8 Å². The second-order valence-corrected chi connectivity index (χ2v) is 4.76. The maximum absolute atomic E-state index is 11.5. The molecule has 3 nitrogen and oxygen atoms in total. The van der Waals surface area contributed by atoms with Crippen LogP contribution in [0, 0.1) is 17.8 Å². The topological polar surface area (TPSA) is 43.4 Å². The van der Waals surface area contributed by atoms with Crippen LogP contribution in [-0.4, -0.2) is 23.7 Å². The van der Waals surface area contributed by atoms with E-state index in [-0.39, 0.29) is 28.4 Å². The van der Waals surface area contributed by atoms with E-state index < -0.39 is 0 Å². The summed E-state index contributed by atoms with van der Waals surface area (Å²) in [5, 5.41) is 0. The van der Waals surface area contributed by atoms with Gasteiger partial charge in [-0.25, -0.2) is 0 Å². The van der Waals surface area contributed by atoms with Crippen LogP contribution in [0.3, 0.4) is 0 Å². The van der Waals surface area contributed by atoms with Crippen molar-refractivity contribution >= 4 is 27.7 Å². The molecule has 0 radical (unpaired) electrons. The van der Waals surface area contributed by atoms with Gasteiger partial charge in [-0.15, -0.1) is 0 Å². The van der Waals surface area contributed by atoms with Crippen LogP contribution >= 0.6 is 15.9 Å². The molecule has 0 saturated heterocycles. The summed E-state index contributed by atoms with van der Waals surface area (Å²) in [6, 6.07) is 0. The highest BCUT2D eigenvalue weighted by Crippen LogP contribution is 2.49. The van der Waals surface area contributed by atoms with E-state index >= 15 is 0 Å². The third-order valence-corrected chi connectivity index (χ3v) is 4.35. The van der Waals surface area contributed by atoms with Gasteiger partial charge in [0.1, 0.15) is 0 Å². The lowest BCUT2D eigenvalue weighted by molar-refractivity contribution is -0.149. The third-order valence-electron chi connectivity index (χ3n) is 3.15. The Balaban J connectivity index is 2.14. The number of fused-ring (bicyclic) bond motifs is 2. The molecule has 2 rings (SSSR count). The van der Waals surface area contributed by atoms with Gasteiger partial charge in [-0.2, -0.15) is 0 Å². The minimum atomic E-state index is -0.222. The van der Waals surface area contributed by atoms with Gasteiger partial charge >= 0.3 is 5.97 Å². The van der Waals surface area contributed by atoms with Crippen LogP contribution in [0.4, 0.5) is 0 Å². The number of carbonyl (C=O) groups is 2. The van der Waals surface area contributed by atoms with Crippen molar-refractivity contribution in [2.75, 3.05) is 7.11 Å². The van der Waals surface area contributed by atoms with E-state index in [0.717, 1.165) is 12.8 Å². The van der Waals surface area contributed by atoms with Crippen LogP contribution in [0.5, 0.6) is 0 Å². The molecular weight excluding hydrogens is 236 g/mol. The number of ether oxygens (including phenoxy) is 1. The predicted molar refractivity (Wildman–Crippen MR) is 49.4 cm³/mol. The van der Waals surface area contributed by atoms with Crippen LogP contribution in [0.2, 0.25) is 0 Å². The Morgan fingerprint density at radius 2 is 2.23 bits per heavy atom. The van der Waals surface area contributed by atoms with E-state index in [9.17, 15) is 9.59 Å². The zero-order valence-corrected chi connectivity index (χ0v) is 8.91. The lowest BCUT2D eigenvalue weighted by Crippen LogP contribution is -2.33. The van der Waals surface area contributed by atoms with Gasteiger partial charge in [-0.1, -0.05) is 15.9 Å². The first-order valence-corrected chi connectivity index (χ1v) is 5.32. The summed E-state index contributed by atoms with van der Waals surface area (Å²) in [5.74, 6) is 0.0617. The minimum absolute atomic E-state index is 0.0154. The molecule has 0 heterocycles. The molecule has 0 unspecified atom stereocenters. The van der Waals surface area contributed by atoms with Crippen molar-refractivity contribution in [1.29, 1.82) is 0 Å². The molecule has 0 aliphatic heterocycles. The fraction of sp³-hybridized carbons (Fsp3) is 0.778. The Labute approximate surface area is 85.0 Å². The number of carbonyl (C=O) groups excluding carboxylic acids is 2. The molecule has 13 heavy (non-hydrogen) atoms. The SMILES string of the molecule is COC(=O)[C@@H]1C[C@@H]2C[C@@H]1C(=O)[C@@H]2Br. The van der Waals surface area contributed by atoms with Gasteiger partial charge in [0, 0.05) is 5.92 Å². The van der Waals surface area contributed by atoms with Crippen LogP contribution in [-0.2, 0) is 14.3 Å². The molecule has 72 valence electrons. The summed E-state index contributed by atoms with van der Waals surface area (Å²) in [6.45, 7) is 0. The summed E-state index contributed by atoms with van der Waals surface area (Å²) in [6.07, 6.45) is 1.66. The van der Waals surface area contributed by atoms with E-state index in [0.29, 0.717) is 5.92 Å². The van der Waals surface area contributed by atoms with Gasteiger partial charge in [0.15, 0.2) is 5.78 Å². The molecule has 0 aromatic heterocycles. The highest BCUT2D eigenvalue weighted by Gasteiger charge is 2.53. The van der Waals surface area contributed by atoms with Gasteiger partial charge in [0.2, 0.25) is 0 Å². The number of hydrogen-bond donors (Lipinski definition) is 0. The van der Waals surface area contributed by atoms with Crippen LogP contribution < -0.4 is 0 Å².